The van der Waals surface area contributed by atoms with Gasteiger partial charge in [-0.1, -0.05) is 0 Å². The smallest absolute Gasteiger partial charge is 0.335 e. The number of thiazole rings is 1. The van der Waals surface area contributed by atoms with Crippen molar-refractivity contribution in [3.05, 3.63) is 52.0 Å². The number of nitrogens with zero attached hydrogens (tertiary/aromatic N) is 3. The fourth-order valence-corrected chi connectivity index (χ4v) is 3.71. The third-order valence-electron chi connectivity index (χ3n) is 3.81. The van der Waals surface area contributed by atoms with Gasteiger partial charge in [-0.05, 0) is 61.6 Å². The molecule has 27 heavy (non-hydrogen) atoms. The van der Waals surface area contributed by atoms with Crippen LogP contribution in [0.4, 0.5) is 11.4 Å². The summed E-state index contributed by atoms with van der Waals surface area (Å²) in [6.45, 7) is 2.52. The molecule has 3 rings (SSSR count). The molecule has 3 N–H and O–H groups in total. The van der Waals surface area contributed by atoms with E-state index in [0.717, 1.165) is 15.9 Å². The number of aromatic carboxylic acids is 1. The van der Waals surface area contributed by atoms with E-state index in [9.17, 15) is 4.79 Å². The largest absolute Gasteiger partial charge is 0.478 e. The van der Waals surface area contributed by atoms with E-state index in [-0.39, 0.29) is 5.56 Å². The van der Waals surface area contributed by atoms with Crippen LogP contribution in [0.2, 0.25) is 0 Å². The summed E-state index contributed by atoms with van der Waals surface area (Å²) in [5.74, 6) is -0.653. The van der Waals surface area contributed by atoms with Crippen LogP contribution < -0.4 is 10.2 Å². The lowest BCUT2D eigenvalue weighted by Gasteiger charge is -2.23. The first kappa shape index (κ1) is 18.6. The molecule has 0 amide bonds. The standard InChI is InChI=1S/C18H15N5O2S2/c1-2-23(13-7-8-14-15(9-13)27-18(26)22-14)17(20-10-19)21-12-5-3-11(4-6-12)16(24)25/h3-9H,2H2,1H3,(H,20,21)(H,22,26)(H,24,25). The summed E-state index contributed by atoms with van der Waals surface area (Å²) in [7, 11) is 0. The number of hydrogen-bond donors (Lipinski definition) is 3. The van der Waals surface area contributed by atoms with Gasteiger partial charge in [-0.25, -0.2) is 9.79 Å². The molecule has 0 saturated heterocycles. The monoisotopic (exact) mass is 397 g/mol. The first-order chi connectivity index (χ1) is 13.0. The minimum Gasteiger partial charge on any atom is -0.478 e. The molecule has 0 aliphatic carbocycles. The van der Waals surface area contributed by atoms with Crippen LogP contribution in [0.3, 0.4) is 0 Å². The van der Waals surface area contributed by atoms with Gasteiger partial charge >= 0.3 is 5.97 Å². The van der Waals surface area contributed by atoms with Crippen LogP contribution in [-0.2, 0) is 0 Å². The number of guanidine groups is 1. The van der Waals surface area contributed by atoms with Gasteiger partial charge in [0.05, 0.1) is 21.5 Å². The van der Waals surface area contributed by atoms with Crippen molar-refractivity contribution in [2.24, 2.45) is 4.99 Å². The number of carboxylic acids is 1. The van der Waals surface area contributed by atoms with Crippen molar-refractivity contribution in [3.63, 3.8) is 0 Å². The molecule has 0 unspecified atom stereocenters. The molecule has 0 fully saturated rings. The molecule has 0 aliphatic heterocycles. The number of benzene rings is 2. The highest BCUT2D eigenvalue weighted by molar-refractivity contribution is 7.73. The third-order valence-corrected chi connectivity index (χ3v) is 5.00. The summed E-state index contributed by atoms with van der Waals surface area (Å²) in [6, 6.07) is 12.0. The highest BCUT2D eigenvalue weighted by Gasteiger charge is 2.14. The van der Waals surface area contributed by atoms with Gasteiger partial charge in [0.1, 0.15) is 0 Å². The lowest BCUT2D eigenvalue weighted by atomic mass is 10.2. The molecule has 0 aliphatic rings. The van der Waals surface area contributed by atoms with E-state index in [1.165, 1.54) is 23.5 Å². The number of aromatic amines is 1. The lowest BCUT2D eigenvalue weighted by molar-refractivity contribution is 0.0697. The average molecular weight is 397 g/mol. The molecule has 1 aromatic heterocycles. The van der Waals surface area contributed by atoms with E-state index in [1.54, 1.807) is 12.1 Å². The third kappa shape index (κ3) is 4.13. The zero-order chi connectivity index (χ0) is 19.4. The van der Waals surface area contributed by atoms with Gasteiger partial charge in [0, 0.05) is 12.2 Å². The van der Waals surface area contributed by atoms with Gasteiger partial charge in [-0.3, -0.25) is 5.32 Å². The molecule has 2 aromatic carbocycles. The number of anilines is 1. The summed E-state index contributed by atoms with van der Waals surface area (Å²) in [5, 5.41) is 20.7. The second-order valence-electron chi connectivity index (χ2n) is 5.46. The number of nitriles is 1. The van der Waals surface area contributed by atoms with Crippen molar-refractivity contribution in [1.82, 2.24) is 10.3 Å². The fraction of sp³-hybridized carbons (Fsp3) is 0.111. The number of carboxylic acid groups (broad SMARTS) is 1. The first-order valence-corrected chi connectivity index (χ1v) is 9.22. The van der Waals surface area contributed by atoms with Crippen molar-refractivity contribution in [2.75, 3.05) is 11.4 Å². The number of aliphatic imine (C=N–C) groups is 1. The van der Waals surface area contributed by atoms with Crippen LogP contribution in [0.1, 0.15) is 17.3 Å². The molecule has 1 heterocycles. The van der Waals surface area contributed by atoms with E-state index in [0.29, 0.717) is 22.1 Å². The Hall–Kier alpha value is -3.22. The van der Waals surface area contributed by atoms with Crippen molar-refractivity contribution >= 4 is 57.1 Å². The Morgan fingerprint density at radius 2 is 2.11 bits per heavy atom. The van der Waals surface area contributed by atoms with Crippen LogP contribution in [0.5, 0.6) is 0 Å². The van der Waals surface area contributed by atoms with Gasteiger partial charge < -0.3 is 15.0 Å². The van der Waals surface area contributed by atoms with Crippen molar-refractivity contribution in [3.8, 4) is 6.19 Å². The number of carbonyl (C=O) groups is 1. The Kier molecular flexibility index (Phi) is 5.49. The number of hydrogen-bond acceptors (Lipinski definition) is 5. The Bertz CT molecular complexity index is 1110. The second kappa shape index (κ2) is 7.99. The summed E-state index contributed by atoms with van der Waals surface area (Å²) in [4.78, 5) is 20.4. The molecule has 3 aromatic rings. The predicted molar refractivity (Wildman–Crippen MR) is 109 cm³/mol. The van der Waals surface area contributed by atoms with Crippen LogP contribution >= 0.6 is 23.6 Å². The van der Waals surface area contributed by atoms with Gasteiger partial charge in [0.15, 0.2) is 10.1 Å². The van der Waals surface area contributed by atoms with Crippen LogP contribution in [0.15, 0.2) is 47.5 Å². The topological polar surface area (TPSA) is 105 Å². The number of fused-ring (bicyclic) bond motifs is 1. The number of nitrogens with one attached hydrogen (secondary N) is 2. The maximum absolute atomic E-state index is 11.0. The predicted octanol–water partition coefficient (Wildman–Crippen LogP) is 4.24. The molecule has 0 bridgehead atoms. The van der Waals surface area contributed by atoms with Crippen molar-refractivity contribution < 1.29 is 9.90 Å². The molecule has 136 valence electrons. The quantitative estimate of drug-likeness (QED) is 0.200. The normalized spacial score (nSPS) is 11.2. The van der Waals surface area contributed by atoms with Gasteiger partial charge in [-0.15, -0.1) is 11.3 Å². The Morgan fingerprint density at radius 1 is 1.37 bits per heavy atom. The molecular formula is C18H15N5O2S2. The zero-order valence-corrected chi connectivity index (χ0v) is 15.9. The van der Waals surface area contributed by atoms with E-state index in [2.05, 4.69) is 15.3 Å². The van der Waals surface area contributed by atoms with Crippen molar-refractivity contribution in [2.45, 2.75) is 6.92 Å². The van der Waals surface area contributed by atoms with E-state index in [1.807, 2.05) is 36.2 Å². The molecule has 7 nitrogen and oxygen atoms in total. The molecule has 0 saturated carbocycles. The first-order valence-electron chi connectivity index (χ1n) is 7.99. The summed E-state index contributed by atoms with van der Waals surface area (Å²) >= 11 is 6.67. The zero-order valence-electron chi connectivity index (χ0n) is 14.3. The number of rotatable bonds is 4. The van der Waals surface area contributed by atoms with Gasteiger partial charge in [-0.2, -0.15) is 5.26 Å². The van der Waals surface area contributed by atoms with Gasteiger partial charge in [0.25, 0.3) is 0 Å². The minimum absolute atomic E-state index is 0.176. The highest BCUT2D eigenvalue weighted by Crippen LogP contribution is 2.26. The molecule has 0 radical (unpaired) electrons. The second-order valence-corrected chi connectivity index (χ2v) is 7.18. The highest BCUT2D eigenvalue weighted by atomic mass is 32.1. The van der Waals surface area contributed by atoms with E-state index in [4.69, 9.17) is 22.6 Å². The fourth-order valence-electron chi connectivity index (χ4n) is 2.56. The molecule has 0 atom stereocenters. The van der Waals surface area contributed by atoms with Crippen LogP contribution in [0, 0.1) is 15.4 Å². The van der Waals surface area contributed by atoms with Gasteiger partial charge in [0.2, 0.25) is 5.96 Å². The summed E-state index contributed by atoms with van der Waals surface area (Å²) in [5.41, 5.74) is 2.53. The molecule has 0 spiro atoms. The average Bonchev–Trinajstić information content (AvgIpc) is 3.02. The van der Waals surface area contributed by atoms with Crippen molar-refractivity contribution in [1.29, 1.82) is 5.26 Å². The molecular weight excluding hydrogens is 382 g/mol. The Morgan fingerprint density at radius 3 is 2.74 bits per heavy atom. The SMILES string of the molecule is CCN(C(=Nc1ccc(C(=O)O)cc1)NC#N)c1ccc2[nH]c(=S)sc2c1. The minimum atomic E-state index is -1.00. The number of aromatic nitrogens is 1. The summed E-state index contributed by atoms with van der Waals surface area (Å²) in [6.07, 6.45) is 1.91. The Balaban J connectivity index is 2.00. The number of H-pyrrole nitrogens is 1. The van der Waals surface area contributed by atoms with Crippen LogP contribution in [0.25, 0.3) is 10.2 Å². The molecule has 9 heteroatoms. The maximum atomic E-state index is 11.0. The summed E-state index contributed by atoms with van der Waals surface area (Å²) < 4.78 is 1.71. The lowest BCUT2D eigenvalue weighted by Crippen LogP contribution is -2.39. The van der Waals surface area contributed by atoms with E-state index < -0.39 is 5.97 Å². The van der Waals surface area contributed by atoms with E-state index >= 15 is 0 Å². The van der Waals surface area contributed by atoms with Crippen LogP contribution in [-0.4, -0.2) is 28.6 Å². The Labute approximate surface area is 164 Å². The maximum Gasteiger partial charge on any atom is 0.335 e.